The van der Waals surface area contributed by atoms with Crippen molar-refractivity contribution < 1.29 is 4.74 Å². The summed E-state index contributed by atoms with van der Waals surface area (Å²) in [4.78, 5) is 0. The fourth-order valence-corrected chi connectivity index (χ4v) is 4.08. The van der Waals surface area contributed by atoms with E-state index in [1.54, 1.807) is 0 Å². The summed E-state index contributed by atoms with van der Waals surface area (Å²) < 4.78 is 6.14. The van der Waals surface area contributed by atoms with Crippen LogP contribution in [0.1, 0.15) is 52.9 Å². The molecule has 2 nitrogen and oxygen atoms in total. The SMILES string of the molecule is CCC(C)(C)CNC1CCOC2(CCSCC2)C1. The van der Waals surface area contributed by atoms with Crippen LogP contribution in [0.25, 0.3) is 0 Å². The van der Waals surface area contributed by atoms with Gasteiger partial charge in [-0.1, -0.05) is 20.8 Å². The molecule has 0 aliphatic carbocycles. The maximum Gasteiger partial charge on any atom is 0.0713 e. The quantitative estimate of drug-likeness (QED) is 0.846. The average Bonchev–Trinajstić information content (AvgIpc) is 2.38. The molecule has 2 heterocycles. The Balaban J connectivity index is 1.83. The van der Waals surface area contributed by atoms with Gasteiger partial charge in [-0.05, 0) is 49.0 Å². The molecular formula is C15H29NOS. The van der Waals surface area contributed by atoms with Crippen LogP contribution >= 0.6 is 11.8 Å². The lowest BCUT2D eigenvalue weighted by Gasteiger charge is -2.44. The largest absolute Gasteiger partial charge is 0.375 e. The van der Waals surface area contributed by atoms with E-state index >= 15 is 0 Å². The second kappa shape index (κ2) is 6.15. The summed E-state index contributed by atoms with van der Waals surface area (Å²) in [6.07, 6.45) is 6.17. The Kier molecular flexibility index (Phi) is 5.01. The summed E-state index contributed by atoms with van der Waals surface area (Å²) in [6, 6.07) is 0.674. The lowest BCUT2D eigenvalue weighted by Crippen LogP contribution is -2.50. The van der Waals surface area contributed by atoms with E-state index in [2.05, 4.69) is 37.8 Å². The fraction of sp³-hybridized carbons (Fsp3) is 1.00. The number of nitrogens with one attached hydrogen (secondary N) is 1. The minimum Gasteiger partial charge on any atom is -0.375 e. The summed E-state index contributed by atoms with van der Waals surface area (Å²) in [7, 11) is 0. The van der Waals surface area contributed by atoms with Crippen molar-refractivity contribution in [1.29, 1.82) is 0 Å². The van der Waals surface area contributed by atoms with Gasteiger partial charge in [-0.3, -0.25) is 0 Å². The molecule has 106 valence electrons. The van der Waals surface area contributed by atoms with Crippen LogP contribution in [0, 0.1) is 5.41 Å². The van der Waals surface area contributed by atoms with Gasteiger partial charge in [-0.15, -0.1) is 0 Å². The molecule has 2 fully saturated rings. The predicted octanol–water partition coefficient (Wildman–Crippen LogP) is 3.46. The van der Waals surface area contributed by atoms with Crippen molar-refractivity contribution in [1.82, 2.24) is 5.32 Å². The van der Waals surface area contributed by atoms with Crippen LogP contribution in [-0.4, -0.2) is 36.3 Å². The predicted molar refractivity (Wildman–Crippen MR) is 80.3 cm³/mol. The van der Waals surface area contributed by atoms with Gasteiger partial charge in [0.15, 0.2) is 0 Å². The highest BCUT2D eigenvalue weighted by Gasteiger charge is 2.38. The smallest absolute Gasteiger partial charge is 0.0713 e. The van der Waals surface area contributed by atoms with Gasteiger partial charge in [0.2, 0.25) is 0 Å². The average molecular weight is 271 g/mol. The molecule has 1 unspecified atom stereocenters. The van der Waals surface area contributed by atoms with Gasteiger partial charge in [0.25, 0.3) is 0 Å². The van der Waals surface area contributed by atoms with Crippen LogP contribution in [-0.2, 0) is 4.74 Å². The molecule has 0 saturated carbocycles. The number of rotatable bonds is 4. The summed E-state index contributed by atoms with van der Waals surface area (Å²) in [5.74, 6) is 2.57. The van der Waals surface area contributed by atoms with E-state index in [0.29, 0.717) is 11.5 Å². The summed E-state index contributed by atoms with van der Waals surface area (Å²) in [5, 5.41) is 3.80. The molecular weight excluding hydrogens is 242 g/mol. The third-order valence-electron chi connectivity index (χ3n) is 4.72. The van der Waals surface area contributed by atoms with Crippen LogP contribution in [0.15, 0.2) is 0 Å². The van der Waals surface area contributed by atoms with Gasteiger partial charge in [0, 0.05) is 19.2 Å². The van der Waals surface area contributed by atoms with Crippen molar-refractivity contribution in [2.45, 2.75) is 64.5 Å². The second-order valence-electron chi connectivity index (χ2n) is 6.73. The van der Waals surface area contributed by atoms with Gasteiger partial charge in [0.1, 0.15) is 0 Å². The van der Waals surface area contributed by atoms with Crippen LogP contribution in [0.2, 0.25) is 0 Å². The zero-order valence-corrected chi connectivity index (χ0v) is 13.1. The Morgan fingerprint density at radius 1 is 1.33 bits per heavy atom. The molecule has 1 N–H and O–H groups in total. The summed E-state index contributed by atoms with van der Waals surface area (Å²) in [6.45, 7) is 9.08. The Morgan fingerprint density at radius 2 is 2.06 bits per heavy atom. The van der Waals surface area contributed by atoms with Crippen LogP contribution < -0.4 is 5.32 Å². The Bertz CT molecular complexity index is 256. The van der Waals surface area contributed by atoms with Crippen LogP contribution in [0.4, 0.5) is 0 Å². The maximum absolute atomic E-state index is 6.14. The number of hydrogen-bond acceptors (Lipinski definition) is 3. The summed E-state index contributed by atoms with van der Waals surface area (Å²) >= 11 is 2.08. The maximum atomic E-state index is 6.14. The van der Waals surface area contributed by atoms with Crippen molar-refractivity contribution in [3.05, 3.63) is 0 Å². The third-order valence-corrected chi connectivity index (χ3v) is 5.71. The highest BCUT2D eigenvalue weighted by Crippen LogP contribution is 2.37. The van der Waals surface area contributed by atoms with Gasteiger partial charge >= 0.3 is 0 Å². The van der Waals surface area contributed by atoms with E-state index in [1.165, 1.54) is 43.6 Å². The highest BCUT2D eigenvalue weighted by molar-refractivity contribution is 7.99. The zero-order valence-electron chi connectivity index (χ0n) is 12.3. The molecule has 3 heteroatoms. The van der Waals surface area contributed by atoms with E-state index in [4.69, 9.17) is 4.74 Å². The first kappa shape index (κ1) is 14.7. The molecule has 1 spiro atoms. The first-order valence-corrected chi connectivity index (χ1v) is 8.66. The lowest BCUT2D eigenvalue weighted by atomic mass is 9.84. The standard InChI is InChI=1S/C15H29NOS/c1-4-14(2,3)12-16-13-5-8-17-15(11-13)6-9-18-10-7-15/h13,16H,4-12H2,1-3H3. The molecule has 0 aromatic rings. The van der Waals surface area contributed by atoms with E-state index in [1.807, 2.05) is 0 Å². The summed E-state index contributed by atoms with van der Waals surface area (Å²) in [5.41, 5.74) is 0.644. The van der Waals surface area contributed by atoms with E-state index in [-0.39, 0.29) is 5.60 Å². The van der Waals surface area contributed by atoms with Crippen molar-refractivity contribution in [2.24, 2.45) is 5.41 Å². The molecule has 2 aliphatic rings. The van der Waals surface area contributed by atoms with Crippen molar-refractivity contribution >= 4 is 11.8 Å². The van der Waals surface area contributed by atoms with Gasteiger partial charge < -0.3 is 10.1 Å². The third kappa shape index (κ3) is 3.88. The number of hydrogen-bond donors (Lipinski definition) is 1. The Labute approximate surface area is 117 Å². The lowest BCUT2D eigenvalue weighted by molar-refractivity contribution is -0.0938. The Morgan fingerprint density at radius 3 is 2.72 bits per heavy atom. The molecule has 2 rings (SSSR count). The molecule has 0 amide bonds. The minimum atomic E-state index is 0.220. The van der Waals surface area contributed by atoms with Crippen LogP contribution in [0.3, 0.4) is 0 Å². The second-order valence-corrected chi connectivity index (χ2v) is 7.96. The van der Waals surface area contributed by atoms with Crippen LogP contribution in [0.5, 0.6) is 0 Å². The fourth-order valence-electron chi connectivity index (χ4n) is 2.84. The molecule has 2 saturated heterocycles. The van der Waals surface area contributed by atoms with Gasteiger partial charge in [-0.2, -0.15) is 11.8 Å². The van der Waals surface area contributed by atoms with E-state index < -0.39 is 0 Å². The molecule has 0 aromatic heterocycles. The van der Waals surface area contributed by atoms with Gasteiger partial charge in [0.05, 0.1) is 5.60 Å². The zero-order chi connectivity index (χ0) is 13.1. The highest BCUT2D eigenvalue weighted by atomic mass is 32.2. The molecule has 1 atom stereocenters. The van der Waals surface area contributed by atoms with E-state index in [0.717, 1.165) is 13.2 Å². The molecule has 0 radical (unpaired) electrons. The van der Waals surface area contributed by atoms with E-state index in [9.17, 15) is 0 Å². The molecule has 2 aliphatic heterocycles. The topological polar surface area (TPSA) is 21.3 Å². The first-order chi connectivity index (χ1) is 8.55. The normalized spacial score (nSPS) is 28.5. The molecule has 0 bridgehead atoms. The molecule has 18 heavy (non-hydrogen) atoms. The number of thioether (sulfide) groups is 1. The Hall–Kier alpha value is 0.270. The van der Waals surface area contributed by atoms with Crippen molar-refractivity contribution in [2.75, 3.05) is 24.7 Å². The monoisotopic (exact) mass is 271 g/mol. The van der Waals surface area contributed by atoms with Crippen molar-refractivity contribution in [3.8, 4) is 0 Å². The van der Waals surface area contributed by atoms with Crippen molar-refractivity contribution in [3.63, 3.8) is 0 Å². The van der Waals surface area contributed by atoms with Gasteiger partial charge in [-0.25, -0.2) is 0 Å². The number of ether oxygens (including phenoxy) is 1. The molecule has 0 aromatic carbocycles. The minimum absolute atomic E-state index is 0.220. The first-order valence-electron chi connectivity index (χ1n) is 7.50.